The van der Waals surface area contributed by atoms with E-state index in [1.807, 2.05) is 0 Å². The summed E-state index contributed by atoms with van der Waals surface area (Å²) in [6.07, 6.45) is 0. The van der Waals surface area contributed by atoms with Crippen molar-refractivity contribution in [1.82, 2.24) is 20.6 Å². The predicted molar refractivity (Wildman–Crippen MR) is 124 cm³/mol. The van der Waals surface area contributed by atoms with Crippen LogP contribution in [0.3, 0.4) is 0 Å². The summed E-state index contributed by atoms with van der Waals surface area (Å²) in [5.74, 6) is -1.33. The van der Waals surface area contributed by atoms with Crippen LogP contribution >= 0.6 is 0 Å². The fourth-order valence-corrected chi connectivity index (χ4v) is 3.38. The number of carbonyl (C=O) groups is 2. The number of nitrogens with one attached hydrogen (secondary N) is 2. The van der Waals surface area contributed by atoms with Gasteiger partial charge in [-0.15, -0.1) is 0 Å². The van der Waals surface area contributed by atoms with E-state index < -0.39 is 11.8 Å². The lowest BCUT2D eigenvalue weighted by Gasteiger charge is -2.13. The lowest BCUT2D eigenvalue weighted by Crippen LogP contribution is -2.43. The summed E-state index contributed by atoms with van der Waals surface area (Å²) in [7, 11) is 0. The van der Waals surface area contributed by atoms with Crippen molar-refractivity contribution < 1.29 is 18.7 Å². The Labute approximate surface area is 194 Å². The lowest BCUT2D eigenvalue weighted by atomic mass is 10.1. The van der Waals surface area contributed by atoms with Crippen LogP contribution in [0.2, 0.25) is 0 Å². The molecule has 0 saturated carbocycles. The first-order valence-corrected chi connectivity index (χ1v) is 10.5. The second-order valence-electron chi connectivity index (χ2n) is 7.33. The van der Waals surface area contributed by atoms with E-state index in [1.54, 1.807) is 67.6 Å². The molecule has 8 nitrogen and oxygen atoms in total. The quantitative estimate of drug-likeness (QED) is 0.430. The second kappa shape index (κ2) is 9.95. The van der Waals surface area contributed by atoms with Gasteiger partial charge in [-0.05, 0) is 42.8 Å². The van der Waals surface area contributed by atoms with Crippen molar-refractivity contribution in [2.24, 2.45) is 0 Å². The first-order valence-electron chi connectivity index (χ1n) is 10.5. The van der Waals surface area contributed by atoms with E-state index in [1.165, 1.54) is 16.8 Å². The highest BCUT2D eigenvalue weighted by atomic mass is 19.1. The number of rotatable bonds is 6. The largest absolute Gasteiger partial charge is 0.488 e. The number of nitrogens with zero attached hydrogens (tertiary/aromatic N) is 2. The van der Waals surface area contributed by atoms with E-state index >= 15 is 0 Å². The van der Waals surface area contributed by atoms with Crippen LogP contribution in [0.1, 0.15) is 33.3 Å². The van der Waals surface area contributed by atoms with Crippen LogP contribution < -0.4 is 21.1 Å². The summed E-state index contributed by atoms with van der Waals surface area (Å²) in [5, 5.41) is 4.88. The molecule has 4 rings (SSSR count). The molecule has 34 heavy (non-hydrogen) atoms. The minimum absolute atomic E-state index is 0.0122. The topological polar surface area (TPSA) is 102 Å². The second-order valence-corrected chi connectivity index (χ2v) is 7.33. The van der Waals surface area contributed by atoms with Crippen molar-refractivity contribution >= 4 is 22.6 Å². The summed E-state index contributed by atoms with van der Waals surface area (Å²) in [5.41, 5.74) is 5.36. The third-order valence-electron chi connectivity index (χ3n) is 5.11. The van der Waals surface area contributed by atoms with E-state index in [0.29, 0.717) is 16.5 Å². The van der Waals surface area contributed by atoms with Gasteiger partial charge >= 0.3 is 0 Å². The summed E-state index contributed by atoms with van der Waals surface area (Å²) < 4.78 is 20.0. The van der Waals surface area contributed by atoms with Crippen LogP contribution in [-0.4, -0.2) is 21.6 Å². The molecule has 0 saturated heterocycles. The van der Waals surface area contributed by atoms with E-state index in [4.69, 9.17) is 4.74 Å². The molecule has 1 heterocycles. The number of carbonyl (C=O) groups excluding carboxylic acids is 2. The monoisotopic (exact) mass is 460 g/mol. The first-order chi connectivity index (χ1) is 16.5. The van der Waals surface area contributed by atoms with Gasteiger partial charge in [0, 0.05) is 11.9 Å². The molecule has 0 fully saturated rings. The van der Waals surface area contributed by atoms with Gasteiger partial charge in [-0.1, -0.05) is 42.5 Å². The zero-order valence-corrected chi connectivity index (χ0v) is 18.2. The minimum atomic E-state index is -0.670. The van der Waals surface area contributed by atoms with Gasteiger partial charge in [0.25, 0.3) is 17.4 Å². The molecule has 9 heteroatoms. The zero-order valence-electron chi connectivity index (χ0n) is 18.2. The Bertz CT molecular complexity index is 1420. The number of aromatic nitrogens is 2. The molecule has 0 aliphatic rings. The maximum Gasteiger partial charge on any atom is 0.290 e. The minimum Gasteiger partial charge on any atom is -0.488 e. The lowest BCUT2D eigenvalue weighted by molar-refractivity contribution is 0.0841. The molecule has 0 aliphatic carbocycles. The number of hydrogen-bond acceptors (Lipinski definition) is 5. The fourth-order valence-electron chi connectivity index (χ4n) is 3.38. The number of aryl methyl sites for hydroxylation is 1. The maximum absolute atomic E-state index is 13.1. The van der Waals surface area contributed by atoms with Crippen LogP contribution in [-0.2, 0) is 13.2 Å². The van der Waals surface area contributed by atoms with E-state index in [0.717, 1.165) is 5.56 Å². The average Bonchev–Trinajstić information content (AvgIpc) is 2.87. The normalized spacial score (nSPS) is 10.6. The highest BCUT2D eigenvalue weighted by molar-refractivity contribution is 6.06. The van der Waals surface area contributed by atoms with Crippen LogP contribution in [0.4, 0.5) is 4.39 Å². The van der Waals surface area contributed by atoms with Crippen molar-refractivity contribution in [2.45, 2.75) is 20.1 Å². The Morgan fingerprint density at radius 1 is 0.912 bits per heavy atom. The molecule has 172 valence electrons. The average molecular weight is 460 g/mol. The Balaban J connectivity index is 1.49. The maximum atomic E-state index is 13.1. The molecule has 0 radical (unpaired) electrons. The summed E-state index contributed by atoms with van der Waals surface area (Å²) in [6.45, 7) is 2.16. The SMILES string of the molecule is CCn1nc(C(=O)NNC(=O)c2ccccc2OCc2ccc(F)cc2)c2ccccc2c1=O. The molecular weight excluding hydrogens is 439 g/mol. The third-order valence-corrected chi connectivity index (χ3v) is 5.11. The molecule has 0 atom stereocenters. The van der Waals surface area contributed by atoms with Gasteiger partial charge in [-0.25, -0.2) is 9.07 Å². The molecule has 0 unspecified atom stereocenters. The summed E-state index contributed by atoms with van der Waals surface area (Å²) in [4.78, 5) is 38.1. The number of para-hydroxylation sites is 1. The third kappa shape index (κ3) is 4.78. The number of fused-ring (bicyclic) bond motifs is 1. The van der Waals surface area contributed by atoms with Crippen LogP contribution in [0.5, 0.6) is 5.75 Å². The first kappa shape index (κ1) is 22.7. The molecule has 0 aliphatic heterocycles. The van der Waals surface area contributed by atoms with Gasteiger partial charge in [0.2, 0.25) is 0 Å². The van der Waals surface area contributed by atoms with Gasteiger partial charge in [0.1, 0.15) is 18.2 Å². The molecule has 0 bridgehead atoms. The predicted octanol–water partition coefficient (Wildman–Crippen LogP) is 3.21. The number of benzene rings is 3. The standard InChI is InChI=1S/C25H21FN4O4/c1-2-30-25(33)19-8-4-3-7-18(19)22(29-30)24(32)28-27-23(31)20-9-5-6-10-21(20)34-15-16-11-13-17(26)14-12-16/h3-14H,2,15H2,1H3,(H,27,31)(H,28,32). The van der Waals surface area contributed by atoms with Gasteiger partial charge in [-0.3, -0.25) is 25.2 Å². The van der Waals surface area contributed by atoms with Crippen molar-refractivity contribution in [2.75, 3.05) is 0 Å². The summed E-state index contributed by atoms with van der Waals surface area (Å²) in [6, 6.07) is 19.0. The molecule has 2 amide bonds. The van der Waals surface area contributed by atoms with Crippen LogP contribution in [0.15, 0.2) is 77.6 Å². The van der Waals surface area contributed by atoms with Gasteiger partial charge in [0.15, 0.2) is 5.69 Å². The zero-order chi connectivity index (χ0) is 24.1. The van der Waals surface area contributed by atoms with Crippen molar-refractivity contribution in [3.63, 3.8) is 0 Å². The van der Waals surface area contributed by atoms with Gasteiger partial charge in [0.05, 0.1) is 10.9 Å². The Morgan fingerprint density at radius 2 is 1.56 bits per heavy atom. The molecule has 2 N–H and O–H groups in total. The van der Waals surface area contributed by atoms with E-state index in [2.05, 4.69) is 16.0 Å². The van der Waals surface area contributed by atoms with Crippen LogP contribution in [0.25, 0.3) is 10.8 Å². The van der Waals surface area contributed by atoms with Crippen molar-refractivity contribution in [3.8, 4) is 5.75 Å². The number of ether oxygens (including phenoxy) is 1. The van der Waals surface area contributed by atoms with Gasteiger partial charge in [-0.2, -0.15) is 5.10 Å². The Hall–Kier alpha value is -4.53. The Morgan fingerprint density at radius 3 is 2.29 bits per heavy atom. The fraction of sp³-hybridized carbons (Fsp3) is 0.120. The number of amides is 2. The molecule has 4 aromatic rings. The molecular formula is C25H21FN4O4. The van der Waals surface area contributed by atoms with Gasteiger partial charge < -0.3 is 4.74 Å². The Kier molecular flexibility index (Phi) is 6.63. The van der Waals surface area contributed by atoms with Crippen molar-refractivity contribution in [3.05, 3.63) is 106 Å². The highest BCUT2D eigenvalue weighted by Gasteiger charge is 2.18. The van der Waals surface area contributed by atoms with E-state index in [-0.39, 0.29) is 35.8 Å². The van der Waals surface area contributed by atoms with Crippen LogP contribution in [0, 0.1) is 5.82 Å². The van der Waals surface area contributed by atoms with Crippen molar-refractivity contribution in [1.29, 1.82) is 0 Å². The van der Waals surface area contributed by atoms with E-state index in [9.17, 15) is 18.8 Å². The number of hydrazine groups is 1. The molecule has 1 aromatic heterocycles. The highest BCUT2D eigenvalue weighted by Crippen LogP contribution is 2.19. The summed E-state index contributed by atoms with van der Waals surface area (Å²) >= 11 is 0. The molecule has 0 spiro atoms. The smallest absolute Gasteiger partial charge is 0.290 e. The number of hydrogen-bond donors (Lipinski definition) is 2. The number of halogens is 1. The molecule has 3 aromatic carbocycles.